The van der Waals surface area contributed by atoms with Gasteiger partial charge in [-0.3, -0.25) is 19.9 Å². The van der Waals surface area contributed by atoms with Gasteiger partial charge in [-0.25, -0.2) is 0 Å². The molecule has 3 aromatic rings. The maximum Gasteiger partial charge on any atom is 0.269 e. The number of non-ortho nitro benzene ring substituents is 1. The monoisotopic (exact) mass is 376 g/mol. The smallest absolute Gasteiger partial charge is 0.269 e. The minimum atomic E-state index is -0.414. The summed E-state index contributed by atoms with van der Waals surface area (Å²) in [5.74, 6) is -0.0459. The largest absolute Gasteiger partial charge is 0.381 e. The van der Waals surface area contributed by atoms with E-state index < -0.39 is 4.92 Å². The Bertz CT molecular complexity index is 926. The summed E-state index contributed by atoms with van der Waals surface area (Å²) in [6.07, 6.45) is 3.73. The van der Waals surface area contributed by atoms with Gasteiger partial charge in [-0.05, 0) is 34.9 Å². The highest BCUT2D eigenvalue weighted by molar-refractivity contribution is 5.78. The number of amides is 1. The quantitative estimate of drug-likeness (QED) is 0.463. The van der Waals surface area contributed by atoms with Gasteiger partial charge in [0.05, 0.1) is 11.3 Å². The molecule has 0 aliphatic heterocycles. The molecule has 7 nitrogen and oxygen atoms in total. The van der Waals surface area contributed by atoms with E-state index in [0.29, 0.717) is 19.5 Å². The average molecular weight is 376 g/mol. The van der Waals surface area contributed by atoms with Gasteiger partial charge < -0.3 is 10.6 Å². The highest BCUT2D eigenvalue weighted by atomic mass is 16.6. The van der Waals surface area contributed by atoms with E-state index in [9.17, 15) is 14.9 Å². The Balaban J connectivity index is 1.46. The molecule has 0 bridgehead atoms. The van der Waals surface area contributed by atoms with Crippen LogP contribution in [0, 0.1) is 10.1 Å². The second-order valence-electron chi connectivity index (χ2n) is 6.29. The molecule has 0 aliphatic rings. The van der Waals surface area contributed by atoms with Crippen molar-refractivity contribution in [2.45, 2.75) is 19.5 Å². The van der Waals surface area contributed by atoms with Gasteiger partial charge >= 0.3 is 0 Å². The summed E-state index contributed by atoms with van der Waals surface area (Å²) >= 11 is 0. The van der Waals surface area contributed by atoms with E-state index in [4.69, 9.17) is 0 Å². The maximum absolute atomic E-state index is 12.1. The third kappa shape index (κ3) is 5.63. The zero-order valence-corrected chi connectivity index (χ0v) is 15.2. The van der Waals surface area contributed by atoms with Gasteiger partial charge in [-0.15, -0.1) is 0 Å². The molecule has 1 amide bonds. The number of nitrogens with zero attached hydrogens (tertiary/aromatic N) is 2. The standard InChI is InChI=1S/C21H20N4O3/c26-21(24-15-18-2-1-11-22-13-18)12-16-3-7-19(8-4-16)23-14-17-5-9-20(10-6-17)25(27)28/h1-11,13,23H,12,14-15H2,(H,24,26). The van der Waals surface area contributed by atoms with Gasteiger partial charge in [0.15, 0.2) is 0 Å². The lowest BCUT2D eigenvalue weighted by molar-refractivity contribution is -0.384. The first-order valence-corrected chi connectivity index (χ1v) is 8.82. The number of hydrogen-bond acceptors (Lipinski definition) is 5. The number of nitro benzene ring substituents is 1. The molecule has 1 aromatic heterocycles. The molecule has 0 unspecified atom stereocenters. The number of rotatable bonds is 8. The number of pyridine rings is 1. The minimum Gasteiger partial charge on any atom is -0.381 e. The van der Waals surface area contributed by atoms with Crippen molar-refractivity contribution in [3.63, 3.8) is 0 Å². The van der Waals surface area contributed by atoms with E-state index in [0.717, 1.165) is 22.4 Å². The van der Waals surface area contributed by atoms with Crippen molar-refractivity contribution in [2.24, 2.45) is 0 Å². The summed E-state index contributed by atoms with van der Waals surface area (Å²) in [6.45, 7) is 1.02. The van der Waals surface area contributed by atoms with Crippen LogP contribution in [0.5, 0.6) is 0 Å². The number of hydrogen-bond donors (Lipinski definition) is 2. The van der Waals surface area contributed by atoms with Crippen molar-refractivity contribution in [2.75, 3.05) is 5.32 Å². The van der Waals surface area contributed by atoms with Crippen LogP contribution in [0.4, 0.5) is 11.4 Å². The number of nitro groups is 1. The minimum absolute atomic E-state index is 0.0459. The number of nitrogens with one attached hydrogen (secondary N) is 2. The van der Waals surface area contributed by atoms with Crippen molar-refractivity contribution in [1.29, 1.82) is 0 Å². The molecular formula is C21H20N4O3. The lowest BCUT2D eigenvalue weighted by Crippen LogP contribution is -2.24. The Morgan fingerprint density at radius 2 is 1.64 bits per heavy atom. The van der Waals surface area contributed by atoms with E-state index in [-0.39, 0.29) is 11.6 Å². The summed E-state index contributed by atoms with van der Waals surface area (Å²) in [5.41, 5.74) is 3.82. The van der Waals surface area contributed by atoms with Gasteiger partial charge in [-0.2, -0.15) is 0 Å². The maximum atomic E-state index is 12.1. The fourth-order valence-corrected chi connectivity index (χ4v) is 2.63. The van der Waals surface area contributed by atoms with E-state index >= 15 is 0 Å². The zero-order valence-electron chi connectivity index (χ0n) is 15.2. The molecule has 0 fully saturated rings. The fourth-order valence-electron chi connectivity index (χ4n) is 2.63. The summed E-state index contributed by atoms with van der Waals surface area (Å²) in [6, 6.07) is 17.8. The molecule has 2 N–H and O–H groups in total. The highest BCUT2D eigenvalue weighted by Crippen LogP contribution is 2.15. The molecule has 142 valence electrons. The molecule has 0 spiro atoms. The predicted octanol–water partition coefficient (Wildman–Crippen LogP) is 3.46. The van der Waals surface area contributed by atoms with Crippen LogP contribution >= 0.6 is 0 Å². The molecule has 0 radical (unpaired) electrons. The molecule has 0 atom stereocenters. The molecule has 3 rings (SSSR count). The first-order valence-electron chi connectivity index (χ1n) is 8.82. The van der Waals surface area contributed by atoms with Gasteiger partial charge in [0.2, 0.25) is 5.91 Å². The van der Waals surface area contributed by atoms with Gasteiger partial charge in [0.1, 0.15) is 0 Å². The van der Waals surface area contributed by atoms with Crippen LogP contribution in [0.25, 0.3) is 0 Å². The van der Waals surface area contributed by atoms with Gasteiger partial charge in [-0.1, -0.05) is 30.3 Å². The van der Waals surface area contributed by atoms with Crippen LogP contribution in [-0.4, -0.2) is 15.8 Å². The van der Waals surface area contributed by atoms with Crippen LogP contribution in [0.2, 0.25) is 0 Å². The lowest BCUT2D eigenvalue weighted by Gasteiger charge is -2.08. The van der Waals surface area contributed by atoms with Crippen LogP contribution in [0.15, 0.2) is 73.1 Å². The zero-order chi connectivity index (χ0) is 19.8. The van der Waals surface area contributed by atoms with Crippen molar-refractivity contribution < 1.29 is 9.72 Å². The van der Waals surface area contributed by atoms with Crippen molar-refractivity contribution in [3.05, 3.63) is 99.9 Å². The number of benzene rings is 2. The Labute approximate surface area is 162 Å². The van der Waals surface area contributed by atoms with Crippen LogP contribution < -0.4 is 10.6 Å². The van der Waals surface area contributed by atoms with Crippen molar-refractivity contribution in [1.82, 2.24) is 10.3 Å². The molecule has 0 saturated heterocycles. The van der Waals surface area contributed by atoms with E-state index in [2.05, 4.69) is 15.6 Å². The summed E-state index contributed by atoms with van der Waals surface area (Å²) in [7, 11) is 0. The molecular weight excluding hydrogens is 356 g/mol. The number of carbonyl (C=O) groups excluding carboxylic acids is 1. The fraction of sp³-hybridized carbons (Fsp3) is 0.143. The third-order valence-corrected chi connectivity index (χ3v) is 4.17. The van der Waals surface area contributed by atoms with Crippen molar-refractivity contribution in [3.8, 4) is 0 Å². The SMILES string of the molecule is O=C(Cc1ccc(NCc2ccc([N+](=O)[O-])cc2)cc1)NCc1cccnc1. The van der Waals surface area contributed by atoms with Crippen LogP contribution in [0.1, 0.15) is 16.7 Å². The molecule has 0 saturated carbocycles. The van der Waals surface area contributed by atoms with Gasteiger partial charge in [0, 0.05) is 43.3 Å². The Hall–Kier alpha value is -3.74. The van der Waals surface area contributed by atoms with Crippen molar-refractivity contribution >= 4 is 17.3 Å². The molecule has 0 aliphatic carbocycles. The normalized spacial score (nSPS) is 10.3. The van der Waals surface area contributed by atoms with E-state index in [1.54, 1.807) is 24.5 Å². The molecule has 2 aromatic carbocycles. The summed E-state index contributed by atoms with van der Waals surface area (Å²) < 4.78 is 0. The lowest BCUT2D eigenvalue weighted by atomic mass is 10.1. The Morgan fingerprint density at radius 1 is 0.929 bits per heavy atom. The summed E-state index contributed by atoms with van der Waals surface area (Å²) in [5, 5.41) is 16.8. The van der Waals surface area contributed by atoms with Gasteiger partial charge in [0.25, 0.3) is 5.69 Å². The van der Waals surface area contributed by atoms with E-state index in [1.807, 2.05) is 36.4 Å². The number of aromatic nitrogens is 1. The second-order valence-corrected chi connectivity index (χ2v) is 6.29. The number of anilines is 1. The molecule has 7 heteroatoms. The molecule has 1 heterocycles. The average Bonchev–Trinajstić information content (AvgIpc) is 2.73. The second kappa shape index (κ2) is 9.27. The summed E-state index contributed by atoms with van der Waals surface area (Å²) in [4.78, 5) is 26.3. The predicted molar refractivity (Wildman–Crippen MR) is 107 cm³/mol. The first-order chi connectivity index (χ1) is 13.6. The van der Waals surface area contributed by atoms with Crippen LogP contribution in [-0.2, 0) is 24.3 Å². The Kier molecular flexibility index (Phi) is 6.30. The Morgan fingerprint density at radius 3 is 2.29 bits per heavy atom. The first kappa shape index (κ1) is 19.0. The highest BCUT2D eigenvalue weighted by Gasteiger charge is 2.05. The topological polar surface area (TPSA) is 97.2 Å². The van der Waals surface area contributed by atoms with Crippen LogP contribution in [0.3, 0.4) is 0 Å². The molecule has 28 heavy (non-hydrogen) atoms. The third-order valence-electron chi connectivity index (χ3n) is 4.17. The van der Waals surface area contributed by atoms with E-state index in [1.165, 1.54) is 12.1 Å². The number of carbonyl (C=O) groups is 1.